The molecule has 1 saturated heterocycles. The Morgan fingerprint density at radius 1 is 1.14 bits per heavy atom. The van der Waals surface area contributed by atoms with E-state index in [1.165, 1.54) is 0 Å². The van der Waals surface area contributed by atoms with Crippen molar-refractivity contribution in [3.63, 3.8) is 0 Å². The van der Waals surface area contributed by atoms with E-state index < -0.39 is 10.0 Å². The molecule has 2 aromatic carbocycles. The van der Waals surface area contributed by atoms with Gasteiger partial charge in [-0.1, -0.05) is 24.3 Å². The molecule has 2 aromatic rings. The monoisotopic (exact) mass is 402 g/mol. The van der Waals surface area contributed by atoms with Gasteiger partial charge < -0.3 is 9.64 Å². The van der Waals surface area contributed by atoms with Crippen molar-refractivity contribution in [1.29, 1.82) is 0 Å². The number of nitrogens with one attached hydrogen (secondary N) is 1. The van der Waals surface area contributed by atoms with Gasteiger partial charge in [0.25, 0.3) is 5.91 Å². The summed E-state index contributed by atoms with van der Waals surface area (Å²) in [6.45, 7) is 1.09. The van der Waals surface area contributed by atoms with Gasteiger partial charge in [0.2, 0.25) is 10.0 Å². The second-order valence-electron chi connectivity index (χ2n) is 7.04. The first-order valence-corrected chi connectivity index (χ1v) is 11.2. The first-order chi connectivity index (χ1) is 13.4. The van der Waals surface area contributed by atoms with E-state index in [9.17, 15) is 13.2 Å². The van der Waals surface area contributed by atoms with Crippen molar-refractivity contribution in [2.24, 2.45) is 0 Å². The molecule has 0 aromatic heterocycles. The maximum atomic E-state index is 13.0. The largest absolute Gasteiger partial charge is 0.497 e. The van der Waals surface area contributed by atoms with E-state index in [4.69, 9.17) is 4.74 Å². The number of ether oxygens (including phenoxy) is 1. The zero-order valence-electron chi connectivity index (χ0n) is 16.2. The summed E-state index contributed by atoms with van der Waals surface area (Å²) in [6, 6.07) is 15.4. The van der Waals surface area contributed by atoms with E-state index in [1.807, 2.05) is 53.4 Å². The molecule has 1 N–H and O–H groups in total. The number of nitrogens with zero attached hydrogens (tertiary/aromatic N) is 1. The van der Waals surface area contributed by atoms with Gasteiger partial charge in [0.05, 0.1) is 19.4 Å². The van der Waals surface area contributed by atoms with Gasteiger partial charge in [0, 0.05) is 18.7 Å². The number of carbonyl (C=O) groups excluding carboxylic acids is 1. The summed E-state index contributed by atoms with van der Waals surface area (Å²) >= 11 is 0. The minimum atomic E-state index is -3.18. The molecule has 1 fully saturated rings. The number of hydrogen-bond acceptors (Lipinski definition) is 4. The highest BCUT2D eigenvalue weighted by atomic mass is 32.2. The Labute approximate surface area is 166 Å². The van der Waals surface area contributed by atoms with Gasteiger partial charge >= 0.3 is 0 Å². The summed E-state index contributed by atoms with van der Waals surface area (Å²) < 4.78 is 29.9. The number of carbonyl (C=O) groups is 1. The van der Waals surface area contributed by atoms with Crippen LogP contribution in [-0.4, -0.2) is 45.7 Å². The summed E-state index contributed by atoms with van der Waals surface area (Å²) in [7, 11) is -1.54. The van der Waals surface area contributed by atoms with Crippen LogP contribution in [0.25, 0.3) is 0 Å². The fraction of sp³-hybridized carbons (Fsp3) is 0.381. The highest BCUT2D eigenvalue weighted by molar-refractivity contribution is 7.88. The Morgan fingerprint density at radius 2 is 1.82 bits per heavy atom. The number of amides is 1. The predicted molar refractivity (Wildman–Crippen MR) is 109 cm³/mol. The quantitative estimate of drug-likeness (QED) is 0.773. The normalized spacial score (nSPS) is 16.9. The van der Waals surface area contributed by atoms with Gasteiger partial charge in [-0.2, -0.15) is 0 Å². The zero-order valence-corrected chi connectivity index (χ0v) is 17.0. The highest BCUT2D eigenvalue weighted by Gasteiger charge is 2.30. The topological polar surface area (TPSA) is 75.7 Å². The van der Waals surface area contributed by atoms with Crippen molar-refractivity contribution in [2.75, 3.05) is 26.5 Å². The minimum Gasteiger partial charge on any atom is -0.497 e. The molecule has 1 heterocycles. The molecule has 1 amide bonds. The number of sulfonamides is 1. The Hall–Kier alpha value is -2.38. The van der Waals surface area contributed by atoms with Gasteiger partial charge in [-0.25, -0.2) is 13.1 Å². The molecule has 0 radical (unpaired) electrons. The number of benzene rings is 2. The van der Waals surface area contributed by atoms with Crippen molar-refractivity contribution < 1.29 is 17.9 Å². The van der Waals surface area contributed by atoms with Crippen molar-refractivity contribution in [3.05, 3.63) is 65.2 Å². The standard InChI is InChI=1S/C21H26N2O4S/c1-27-19-11-9-17(10-12-19)20-4-3-15-23(20)21(24)18-7-5-16(6-8-18)13-14-22-28(2,25)26/h5-12,20,22H,3-4,13-15H2,1-2H3/t20-/m1/s1. The molecule has 3 rings (SSSR count). The van der Waals surface area contributed by atoms with Gasteiger partial charge in [0.15, 0.2) is 0 Å². The first kappa shape index (κ1) is 20.4. The summed E-state index contributed by atoms with van der Waals surface area (Å²) in [6.07, 6.45) is 3.66. The van der Waals surface area contributed by atoms with Crippen LogP contribution >= 0.6 is 0 Å². The lowest BCUT2D eigenvalue weighted by atomic mass is 10.0. The average Bonchev–Trinajstić information content (AvgIpc) is 3.17. The van der Waals surface area contributed by atoms with Crippen molar-refractivity contribution in [2.45, 2.75) is 25.3 Å². The molecule has 7 heteroatoms. The second-order valence-corrected chi connectivity index (χ2v) is 8.88. The molecular formula is C21H26N2O4S. The van der Waals surface area contributed by atoms with E-state index in [1.54, 1.807) is 7.11 Å². The highest BCUT2D eigenvalue weighted by Crippen LogP contribution is 2.33. The maximum Gasteiger partial charge on any atom is 0.254 e. The van der Waals surface area contributed by atoms with Crippen LogP contribution in [0.4, 0.5) is 0 Å². The average molecular weight is 403 g/mol. The molecule has 0 unspecified atom stereocenters. The molecule has 1 atom stereocenters. The zero-order chi connectivity index (χ0) is 20.1. The van der Waals surface area contributed by atoms with Crippen LogP contribution in [0.5, 0.6) is 5.75 Å². The molecule has 6 nitrogen and oxygen atoms in total. The summed E-state index contributed by atoms with van der Waals surface area (Å²) in [4.78, 5) is 15.0. The third-order valence-corrected chi connectivity index (χ3v) is 5.72. The number of hydrogen-bond donors (Lipinski definition) is 1. The van der Waals surface area contributed by atoms with Gasteiger partial charge in [0.1, 0.15) is 5.75 Å². The van der Waals surface area contributed by atoms with E-state index in [0.29, 0.717) is 18.5 Å². The molecule has 0 spiro atoms. The third kappa shape index (κ3) is 5.11. The van der Waals surface area contributed by atoms with E-state index >= 15 is 0 Å². The van der Waals surface area contributed by atoms with Crippen LogP contribution in [-0.2, 0) is 16.4 Å². The van der Waals surface area contributed by atoms with Crippen LogP contribution in [0.3, 0.4) is 0 Å². The Bertz CT molecular complexity index is 908. The van der Waals surface area contributed by atoms with E-state index in [2.05, 4.69) is 4.72 Å². The SMILES string of the molecule is COc1ccc([C@H]2CCCN2C(=O)c2ccc(CCNS(C)(=O)=O)cc2)cc1. The lowest BCUT2D eigenvalue weighted by Gasteiger charge is -2.25. The molecule has 28 heavy (non-hydrogen) atoms. The van der Waals surface area contributed by atoms with Gasteiger partial charge in [-0.05, 0) is 54.7 Å². The Kier molecular flexibility index (Phi) is 6.36. The predicted octanol–water partition coefficient (Wildman–Crippen LogP) is 2.76. The smallest absolute Gasteiger partial charge is 0.254 e. The van der Waals surface area contributed by atoms with Gasteiger partial charge in [-0.15, -0.1) is 0 Å². The van der Waals surface area contributed by atoms with E-state index in [0.717, 1.165) is 42.5 Å². The van der Waals surface area contributed by atoms with Crippen molar-refractivity contribution in [1.82, 2.24) is 9.62 Å². The van der Waals surface area contributed by atoms with Crippen LogP contribution in [0.1, 0.15) is 40.4 Å². The molecular weight excluding hydrogens is 376 g/mol. The van der Waals surface area contributed by atoms with Crippen molar-refractivity contribution >= 4 is 15.9 Å². The summed E-state index contributed by atoms with van der Waals surface area (Å²) in [5.74, 6) is 0.833. The second kappa shape index (κ2) is 8.75. The summed E-state index contributed by atoms with van der Waals surface area (Å²) in [5, 5.41) is 0. The molecule has 1 aliphatic heterocycles. The third-order valence-electron chi connectivity index (χ3n) is 4.99. The Balaban J connectivity index is 1.66. The van der Waals surface area contributed by atoms with Crippen molar-refractivity contribution in [3.8, 4) is 5.75 Å². The van der Waals surface area contributed by atoms with Crippen LogP contribution < -0.4 is 9.46 Å². The molecule has 0 aliphatic carbocycles. The van der Waals surface area contributed by atoms with Crippen LogP contribution in [0, 0.1) is 0 Å². The van der Waals surface area contributed by atoms with Crippen LogP contribution in [0.15, 0.2) is 48.5 Å². The lowest BCUT2D eigenvalue weighted by molar-refractivity contribution is 0.0735. The fourth-order valence-corrected chi connectivity index (χ4v) is 4.02. The number of methoxy groups -OCH3 is 1. The van der Waals surface area contributed by atoms with E-state index in [-0.39, 0.29) is 11.9 Å². The maximum absolute atomic E-state index is 13.0. The lowest BCUT2D eigenvalue weighted by Crippen LogP contribution is -2.30. The summed E-state index contributed by atoms with van der Waals surface area (Å²) in [5.41, 5.74) is 2.76. The van der Waals surface area contributed by atoms with Gasteiger partial charge in [-0.3, -0.25) is 4.79 Å². The number of likely N-dealkylation sites (tertiary alicyclic amines) is 1. The molecule has 0 saturated carbocycles. The molecule has 0 bridgehead atoms. The number of rotatable bonds is 7. The minimum absolute atomic E-state index is 0.0270. The first-order valence-electron chi connectivity index (χ1n) is 9.36. The Morgan fingerprint density at radius 3 is 2.43 bits per heavy atom. The molecule has 150 valence electrons. The fourth-order valence-electron chi connectivity index (χ4n) is 3.54. The molecule has 1 aliphatic rings. The van der Waals surface area contributed by atoms with Crippen LogP contribution in [0.2, 0.25) is 0 Å².